The first kappa shape index (κ1) is 22.3. The molecular formula is C23H38N2OSn. The van der Waals surface area contributed by atoms with E-state index in [1.165, 1.54) is 51.8 Å². The van der Waals surface area contributed by atoms with Crippen LogP contribution in [0.1, 0.15) is 65.1 Å². The van der Waals surface area contributed by atoms with Crippen molar-refractivity contribution in [1.29, 1.82) is 0 Å². The standard InChI is InChI=1S/C11H11N2O.3C4H9.Sn/c1-9-12-7-8-13(9)10-5-3-4-6-11(10)14-2;3*1-3-4-2;/h3,5-8H,1-2H3;3*1,3-4H2,2H3;. The van der Waals surface area contributed by atoms with Crippen LogP contribution in [0, 0.1) is 6.92 Å². The van der Waals surface area contributed by atoms with E-state index in [0.29, 0.717) is 0 Å². The van der Waals surface area contributed by atoms with Gasteiger partial charge in [-0.05, 0) is 0 Å². The third kappa shape index (κ3) is 5.52. The average molecular weight is 477 g/mol. The van der Waals surface area contributed by atoms with E-state index in [2.05, 4.69) is 48.5 Å². The van der Waals surface area contributed by atoms with Crippen LogP contribution in [-0.4, -0.2) is 35.0 Å². The summed E-state index contributed by atoms with van der Waals surface area (Å²) in [6, 6.07) is 7.11. The van der Waals surface area contributed by atoms with E-state index in [9.17, 15) is 0 Å². The van der Waals surface area contributed by atoms with Gasteiger partial charge in [-0.2, -0.15) is 0 Å². The molecule has 0 fully saturated rings. The Bertz CT molecular complexity index is 674. The van der Waals surface area contributed by atoms with Crippen LogP contribution in [-0.2, 0) is 0 Å². The molecule has 1 aromatic carbocycles. The minimum absolute atomic E-state index is 0.999. The Hall–Kier alpha value is -0.971. The van der Waals surface area contributed by atoms with Crippen molar-refractivity contribution in [3.05, 3.63) is 36.4 Å². The molecule has 27 heavy (non-hydrogen) atoms. The zero-order valence-corrected chi connectivity index (χ0v) is 20.9. The summed E-state index contributed by atoms with van der Waals surface area (Å²) in [6.45, 7) is 9.05. The Morgan fingerprint density at radius 2 is 1.56 bits per heavy atom. The van der Waals surface area contributed by atoms with E-state index >= 15 is 0 Å². The van der Waals surface area contributed by atoms with Crippen LogP contribution >= 0.6 is 0 Å². The second-order valence-corrected chi connectivity index (χ2v) is 21.1. The van der Waals surface area contributed by atoms with Crippen molar-refractivity contribution < 1.29 is 4.74 Å². The number of aryl methyl sites for hydroxylation is 1. The molecule has 0 saturated carbocycles. The molecule has 0 aliphatic carbocycles. The molecule has 0 atom stereocenters. The zero-order valence-electron chi connectivity index (χ0n) is 18.1. The molecule has 4 heteroatoms. The van der Waals surface area contributed by atoms with E-state index in [1.54, 1.807) is 10.7 Å². The molecule has 3 nitrogen and oxygen atoms in total. The summed E-state index contributed by atoms with van der Waals surface area (Å²) >= 11 is -2.42. The molecule has 2 rings (SSSR count). The van der Waals surface area contributed by atoms with Gasteiger partial charge in [0.15, 0.2) is 0 Å². The molecule has 0 unspecified atom stereocenters. The Morgan fingerprint density at radius 1 is 0.963 bits per heavy atom. The van der Waals surface area contributed by atoms with E-state index in [0.717, 1.165) is 17.3 Å². The predicted molar refractivity (Wildman–Crippen MR) is 119 cm³/mol. The van der Waals surface area contributed by atoms with E-state index < -0.39 is 18.4 Å². The quantitative estimate of drug-likeness (QED) is 0.338. The number of rotatable bonds is 12. The van der Waals surface area contributed by atoms with Crippen LogP contribution in [0.4, 0.5) is 0 Å². The molecule has 1 aromatic heterocycles. The summed E-state index contributed by atoms with van der Waals surface area (Å²) in [4.78, 5) is 4.38. The molecule has 0 amide bonds. The van der Waals surface area contributed by atoms with Gasteiger partial charge >= 0.3 is 171 Å². The summed E-state index contributed by atoms with van der Waals surface area (Å²) in [6.07, 6.45) is 11.9. The van der Waals surface area contributed by atoms with Gasteiger partial charge in [0, 0.05) is 0 Å². The molecule has 150 valence electrons. The maximum absolute atomic E-state index is 5.86. The summed E-state index contributed by atoms with van der Waals surface area (Å²) in [5.41, 5.74) is 1.11. The van der Waals surface area contributed by atoms with Crippen LogP contribution in [0.25, 0.3) is 5.69 Å². The van der Waals surface area contributed by atoms with Gasteiger partial charge in [-0.15, -0.1) is 0 Å². The van der Waals surface area contributed by atoms with Gasteiger partial charge in [-0.1, -0.05) is 0 Å². The van der Waals surface area contributed by atoms with Gasteiger partial charge in [-0.25, -0.2) is 0 Å². The fourth-order valence-corrected chi connectivity index (χ4v) is 20.1. The number of ether oxygens (including phenoxy) is 1. The number of imidazole rings is 1. The number of unbranched alkanes of at least 4 members (excludes halogenated alkanes) is 3. The van der Waals surface area contributed by atoms with Crippen molar-refractivity contribution in [3.63, 3.8) is 0 Å². The molecule has 0 N–H and O–H groups in total. The third-order valence-corrected chi connectivity index (χ3v) is 21.5. The van der Waals surface area contributed by atoms with Crippen molar-refractivity contribution in [1.82, 2.24) is 9.55 Å². The Balaban J connectivity index is 2.48. The fourth-order valence-electron chi connectivity index (χ4n) is 4.19. The molecule has 0 saturated heterocycles. The molecule has 0 radical (unpaired) electrons. The maximum atomic E-state index is 5.86. The summed E-state index contributed by atoms with van der Waals surface area (Å²) < 4.78 is 14.1. The second-order valence-electron chi connectivity index (χ2n) is 7.82. The number of nitrogens with zero attached hydrogens (tertiary/aromatic N) is 2. The molecule has 0 bridgehead atoms. The first-order chi connectivity index (χ1) is 13.1. The third-order valence-electron chi connectivity index (χ3n) is 5.90. The van der Waals surface area contributed by atoms with Gasteiger partial charge < -0.3 is 0 Å². The van der Waals surface area contributed by atoms with Gasteiger partial charge in [0.05, 0.1) is 0 Å². The molecule has 0 aliphatic rings. The molecular weight excluding hydrogens is 439 g/mol. The summed E-state index contributed by atoms with van der Waals surface area (Å²) in [5.74, 6) is 2.00. The normalized spacial score (nSPS) is 11.7. The average Bonchev–Trinajstić information content (AvgIpc) is 3.13. The van der Waals surface area contributed by atoms with E-state index in [-0.39, 0.29) is 0 Å². The fraction of sp³-hybridized carbons (Fsp3) is 0.609. The van der Waals surface area contributed by atoms with Gasteiger partial charge in [-0.3, -0.25) is 0 Å². The summed E-state index contributed by atoms with van der Waals surface area (Å²) in [7, 11) is 1.80. The SMILES string of the molecule is CCC[CH2][Sn]([CH2]CCC)([CH2]CCC)[c]1ccc(-n2ccnc2C)c(OC)c1. The first-order valence-electron chi connectivity index (χ1n) is 10.8. The Labute approximate surface area is 170 Å². The van der Waals surface area contributed by atoms with Gasteiger partial charge in [0.25, 0.3) is 0 Å². The predicted octanol–water partition coefficient (Wildman–Crippen LogP) is 6.25. The Morgan fingerprint density at radius 3 is 2.00 bits per heavy atom. The molecule has 0 aliphatic heterocycles. The van der Waals surface area contributed by atoms with Crippen LogP contribution < -0.4 is 8.32 Å². The number of aromatic nitrogens is 2. The molecule has 0 spiro atoms. The molecule has 1 heterocycles. The van der Waals surface area contributed by atoms with Crippen molar-refractivity contribution in [2.24, 2.45) is 0 Å². The van der Waals surface area contributed by atoms with Crippen molar-refractivity contribution in [3.8, 4) is 11.4 Å². The number of methoxy groups -OCH3 is 1. The van der Waals surface area contributed by atoms with Crippen molar-refractivity contribution >= 4 is 22.0 Å². The first-order valence-corrected chi connectivity index (χ1v) is 18.3. The van der Waals surface area contributed by atoms with Crippen LogP contribution in [0.3, 0.4) is 0 Å². The number of benzene rings is 1. The second kappa shape index (κ2) is 11.1. The Kier molecular flexibility index (Phi) is 9.20. The zero-order chi connectivity index (χ0) is 19.7. The van der Waals surface area contributed by atoms with Crippen molar-refractivity contribution in [2.45, 2.75) is 79.5 Å². The van der Waals surface area contributed by atoms with Crippen LogP contribution in [0.15, 0.2) is 30.6 Å². The van der Waals surface area contributed by atoms with Crippen molar-refractivity contribution in [2.75, 3.05) is 7.11 Å². The van der Waals surface area contributed by atoms with Crippen LogP contribution in [0.2, 0.25) is 13.3 Å². The van der Waals surface area contributed by atoms with Gasteiger partial charge in [0.1, 0.15) is 0 Å². The van der Waals surface area contributed by atoms with Gasteiger partial charge in [0.2, 0.25) is 0 Å². The topological polar surface area (TPSA) is 27.1 Å². The monoisotopic (exact) mass is 478 g/mol. The summed E-state index contributed by atoms with van der Waals surface area (Å²) in [5, 5.41) is 0. The van der Waals surface area contributed by atoms with Crippen LogP contribution in [0.5, 0.6) is 5.75 Å². The van der Waals surface area contributed by atoms with E-state index in [4.69, 9.17) is 4.74 Å². The van der Waals surface area contributed by atoms with E-state index in [1.807, 2.05) is 19.3 Å². The number of hydrogen-bond acceptors (Lipinski definition) is 2. The molecule has 2 aromatic rings. The minimum atomic E-state index is -2.42. The number of hydrogen-bond donors (Lipinski definition) is 0.